The van der Waals surface area contributed by atoms with Gasteiger partial charge in [0.15, 0.2) is 0 Å². The lowest BCUT2D eigenvalue weighted by atomic mass is 10.2. The summed E-state index contributed by atoms with van der Waals surface area (Å²) < 4.78 is 5.68. The van der Waals surface area contributed by atoms with Gasteiger partial charge in [-0.25, -0.2) is 4.98 Å². The first-order chi connectivity index (χ1) is 12.6. The van der Waals surface area contributed by atoms with Crippen molar-refractivity contribution in [1.29, 1.82) is 0 Å². The fourth-order valence-electron chi connectivity index (χ4n) is 2.93. The van der Waals surface area contributed by atoms with Gasteiger partial charge in [-0.3, -0.25) is 4.79 Å². The van der Waals surface area contributed by atoms with E-state index in [-0.39, 0.29) is 5.91 Å². The van der Waals surface area contributed by atoms with Gasteiger partial charge < -0.3 is 19.9 Å². The third-order valence-electron chi connectivity index (χ3n) is 4.36. The molecule has 3 rings (SSSR count). The Hall–Kier alpha value is -2.60. The zero-order chi connectivity index (χ0) is 18.4. The van der Waals surface area contributed by atoms with E-state index in [0.717, 1.165) is 49.7 Å². The molecule has 0 unspecified atom stereocenters. The Bertz CT molecular complexity index is 725. The number of rotatable bonds is 7. The highest BCUT2D eigenvalue weighted by atomic mass is 16.5. The van der Waals surface area contributed by atoms with Crippen LogP contribution in [0.2, 0.25) is 0 Å². The molecular weight excluding hydrogens is 328 g/mol. The average Bonchev–Trinajstić information content (AvgIpc) is 3.17. The lowest BCUT2D eigenvalue weighted by Gasteiger charge is -2.19. The quantitative estimate of drug-likeness (QED) is 0.829. The second-order valence-corrected chi connectivity index (χ2v) is 6.70. The van der Waals surface area contributed by atoms with E-state index in [9.17, 15) is 4.79 Å². The van der Waals surface area contributed by atoms with Crippen LogP contribution in [0.25, 0.3) is 0 Å². The Labute approximate surface area is 154 Å². The van der Waals surface area contributed by atoms with Gasteiger partial charge in [0, 0.05) is 31.5 Å². The summed E-state index contributed by atoms with van der Waals surface area (Å²) in [6, 6.07) is 11.1. The number of nitrogens with one attached hydrogen (secondary N) is 1. The number of likely N-dealkylation sites (N-methyl/N-ethyl adjacent to an activating group) is 1. The summed E-state index contributed by atoms with van der Waals surface area (Å²) in [5, 5.41) is 2.95. The van der Waals surface area contributed by atoms with E-state index in [2.05, 4.69) is 20.1 Å². The summed E-state index contributed by atoms with van der Waals surface area (Å²) in [5.74, 6) is 1.43. The van der Waals surface area contributed by atoms with Crippen LogP contribution in [0.4, 0.5) is 11.5 Å². The minimum atomic E-state index is -0.138. The summed E-state index contributed by atoms with van der Waals surface area (Å²) in [4.78, 5) is 21.4. The van der Waals surface area contributed by atoms with Gasteiger partial charge in [0.05, 0.1) is 5.56 Å². The van der Waals surface area contributed by atoms with Gasteiger partial charge in [0.2, 0.25) is 0 Å². The second-order valence-electron chi connectivity index (χ2n) is 6.70. The van der Waals surface area contributed by atoms with E-state index >= 15 is 0 Å². The number of nitrogens with zero attached hydrogens (tertiary/aromatic N) is 3. The van der Waals surface area contributed by atoms with E-state index in [0.29, 0.717) is 12.2 Å². The maximum absolute atomic E-state index is 12.7. The van der Waals surface area contributed by atoms with Crippen molar-refractivity contribution < 1.29 is 9.53 Å². The van der Waals surface area contributed by atoms with Crippen molar-refractivity contribution in [2.45, 2.75) is 12.8 Å². The average molecular weight is 354 g/mol. The van der Waals surface area contributed by atoms with Gasteiger partial charge in [-0.15, -0.1) is 0 Å². The van der Waals surface area contributed by atoms with Crippen molar-refractivity contribution >= 4 is 17.4 Å². The molecule has 1 aliphatic heterocycles. The van der Waals surface area contributed by atoms with Gasteiger partial charge in [0.25, 0.3) is 5.91 Å². The minimum absolute atomic E-state index is 0.138. The Morgan fingerprint density at radius 2 is 1.92 bits per heavy atom. The summed E-state index contributed by atoms with van der Waals surface area (Å²) in [6.45, 7) is 3.40. The number of anilines is 2. The van der Waals surface area contributed by atoms with Crippen molar-refractivity contribution in [3.8, 4) is 5.75 Å². The molecule has 26 heavy (non-hydrogen) atoms. The molecule has 0 atom stereocenters. The van der Waals surface area contributed by atoms with Crippen LogP contribution in [-0.4, -0.2) is 56.1 Å². The maximum atomic E-state index is 12.7. The largest absolute Gasteiger partial charge is 0.492 e. The number of amides is 1. The normalized spacial score (nSPS) is 13.9. The maximum Gasteiger partial charge on any atom is 0.259 e. The molecule has 2 aromatic rings. The smallest absolute Gasteiger partial charge is 0.259 e. The monoisotopic (exact) mass is 354 g/mol. The molecule has 0 radical (unpaired) electrons. The molecule has 0 spiro atoms. The summed E-state index contributed by atoms with van der Waals surface area (Å²) in [7, 11) is 4.02. The third kappa shape index (κ3) is 4.73. The minimum Gasteiger partial charge on any atom is -0.492 e. The first-order valence-corrected chi connectivity index (χ1v) is 9.02. The van der Waals surface area contributed by atoms with Crippen LogP contribution < -0.4 is 15.0 Å². The number of hydrogen-bond acceptors (Lipinski definition) is 5. The number of benzene rings is 1. The molecule has 2 heterocycles. The molecule has 0 bridgehead atoms. The van der Waals surface area contributed by atoms with Gasteiger partial charge in [0.1, 0.15) is 18.2 Å². The molecule has 1 amide bonds. The van der Waals surface area contributed by atoms with Crippen molar-refractivity contribution in [1.82, 2.24) is 9.88 Å². The first-order valence-electron chi connectivity index (χ1n) is 9.02. The van der Waals surface area contributed by atoms with Crippen molar-refractivity contribution in [2.24, 2.45) is 0 Å². The lowest BCUT2D eigenvalue weighted by Crippen LogP contribution is -2.24. The van der Waals surface area contributed by atoms with Crippen molar-refractivity contribution in [3.63, 3.8) is 0 Å². The number of carbonyl (C=O) groups excluding carboxylic acids is 1. The molecule has 1 saturated heterocycles. The lowest BCUT2D eigenvalue weighted by molar-refractivity contribution is 0.102. The summed E-state index contributed by atoms with van der Waals surface area (Å²) >= 11 is 0. The second kappa shape index (κ2) is 8.67. The summed E-state index contributed by atoms with van der Waals surface area (Å²) in [6.07, 6.45) is 4.03. The number of aromatic nitrogens is 1. The van der Waals surface area contributed by atoms with Crippen LogP contribution in [-0.2, 0) is 0 Å². The highest BCUT2D eigenvalue weighted by molar-refractivity contribution is 6.07. The molecule has 1 N–H and O–H groups in total. The standard InChI is InChI=1S/C20H26N4O2/c1-23(2)14-15-26-17-9-7-16(8-10-17)22-20(25)18-6-5-11-21-19(18)24-12-3-4-13-24/h5-11H,3-4,12-15H2,1-2H3,(H,22,25). The van der Waals surface area contributed by atoms with Gasteiger partial charge in [-0.1, -0.05) is 0 Å². The van der Waals surface area contributed by atoms with E-state index in [4.69, 9.17) is 4.74 Å². The van der Waals surface area contributed by atoms with E-state index in [1.807, 2.05) is 44.4 Å². The van der Waals surface area contributed by atoms with Crippen LogP contribution in [0.5, 0.6) is 5.75 Å². The van der Waals surface area contributed by atoms with Crippen LogP contribution in [0.3, 0.4) is 0 Å². The molecular formula is C20H26N4O2. The highest BCUT2D eigenvalue weighted by Crippen LogP contribution is 2.23. The van der Waals surface area contributed by atoms with Gasteiger partial charge in [-0.05, 0) is 63.3 Å². The molecule has 1 fully saturated rings. The molecule has 6 heteroatoms. The molecule has 1 aromatic heterocycles. The number of pyridine rings is 1. The Kier molecular flexibility index (Phi) is 6.07. The zero-order valence-corrected chi connectivity index (χ0v) is 15.4. The van der Waals surface area contributed by atoms with E-state index < -0.39 is 0 Å². The summed E-state index contributed by atoms with van der Waals surface area (Å²) in [5.41, 5.74) is 1.35. The van der Waals surface area contributed by atoms with Crippen molar-refractivity contribution in [2.75, 3.05) is 50.6 Å². The third-order valence-corrected chi connectivity index (χ3v) is 4.36. The molecule has 0 aliphatic carbocycles. The van der Waals surface area contributed by atoms with Crippen LogP contribution in [0.1, 0.15) is 23.2 Å². The first kappa shape index (κ1) is 18.2. The van der Waals surface area contributed by atoms with E-state index in [1.54, 1.807) is 12.3 Å². The molecule has 1 aliphatic rings. The fraction of sp³-hybridized carbons (Fsp3) is 0.400. The van der Waals surface area contributed by atoms with Gasteiger partial charge in [-0.2, -0.15) is 0 Å². The molecule has 6 nitrogen and oxygen atoms in total. The Morgan fingerprint density at radius 3 is 2.62 bits per heavy atom. The van der Waals surface area contributed by atoms with Crippen LogP contribution in [0.15, 0.2) is 42.6 Å². The Balaban J connectivity index is 1.63. The molecule has 138 valence electrons. The van der Waals surface area contributed by atoms with Gasteiger partial charge >= 0.3 is 0 Å². The van der Waals surface area contributed by atoms with Crippen LogP contribution in [0, 0.1) is 0 Å². The SMILES string of the molecule is CN(C)CCOc1ccc(NC(=O)c2cccnc2N2CCCC2)cc1. The number of ether oxygens (including phenoxy) is 1. The molecule has 0 saturated carbocycles. The van der Waals surface area contributed by atoms with E-state index in [1.165, 1.54) is 0 Å². The predicted octanol–water partition coefficient (Wildman–Crippen LogP) is 2.87. The number of carbonyl (C=O) groups is 1. The zero-order valence-electron chi connectivity index (χ0n) is 15.4. The number of hydrogen-bond donors (Lipinski definition) is 1. The topological polar surface area (TPSA) is 57.7 Å². The predicted molar refractivity (Wildman–Crippen MR) is 104 cm³/mol. The van der Waals surface area contributed by atoms with Crippen LogP contribution >= 0.6 is 0 Å². The van der Waals surface area contributed by atoms with Crippen molar-refractivity contribution in [3.05, 3.63) is 48.2 Å². The Morgan fingerprint density at radius 1 is 1.19 bits per heavy atom. The molecule has 1 aromatic carbocycles. The highest BCUT2D eigenvalue weighted by Gasteiger charge is 2.20. The fourth-order valence-corrected chi connectivity index (χ4v) is 2.93.